The Balaban J connectivity index is 1.90. The van der Waals surface area contributed by atoms with Crippen molar-refractivity contribution in [1.29, 1.82) is 0 Å². The Kier molecular flexibility index (Phi) is 3.93. The normalized spacial score (nSPS) is 11.0. The van der Waals surface area contributed by atoms with Gasteiger partial charge in [0, 0.05) is 23.7 Å². The number of halogens is 1. The summed E-state index contributed by atoms with van der Waals surface area (Å²) in [6, 6.07) is 16.0. The van der Waals surface area contributed by atoms with Crippen LogP contribution in [0.3, 0.4) is 0 Å². The van der Waals surface area contributed by atoms with E-state index in [-0.39, 0.29) is 23.2 Å². The van der Waals surface area contributed by atoms with Crippen LogP contribution < -0.4 is 5.73 Å². The highest BCUT2D eigenvalue weighted by atomic mass is 19.1. The minimum Gasteiger partial charge on any atom is -0.366 e. The first-order valence-electron chi connectivity index (χ1n) is 8.08. The van der Waals surface area contributed by atoms with Crippen LogP contribution in [-0.2, 0) is 6.42 Å². The summed E-state index contributed by atoms with van der Waals surface area (Å²) in [6.07, 6.45) is 3.41. The maximum Gasteiger partial charge on any atom is 0.249 e. The highest BCUT2D eigenvalue weighted by Gasteiger charge is 2.19. The maximum absolute atomic E-state index is 15.4. The Bertz CT molecular complexity index is 1110. The second-order valence-electron chi connectivity index (χ2n) is 5.91. The predicted octanol–water partition coefficient (Wildman–Crippen LogP) is 3.25. The zero-order valence-corrected chi connectivity index (χ0v) is 13.8. The van der Waals surface area contributed by atoms with E-state index in [4.69, 9.17) is 5.73 Å². The number of hydrogen-bond donors (Lipinski definition) is 1. The first-order valence-corrected chi connectivity index (χ1v) is 8.08. The van der Waals surface area contributed by atoms with E-state index in [0.29, 0.717) is 11.2 Å². The van der Waals surface area contributed by atoms with Crippen LogP contribution in [-0.4, -0.2) is 20.4 Å². The Morgan fingerprint density at radius 1 is 1.04 bits per heavy atom. The fraction of sp³-hybridized carbons (Fsp3) is 0.0500. The highest BCUT2D eigenvalue weighted by Crippen LogP contribution is 2.26. The molecule has 0 atom stereocenters. The average Bonchev–Trinajstić information content (AvgIpc) is 3.08. The molecule has 4 rings (SSSR count). The molecule has 2 aromatic carbocycles. The van der Waals surface area contributed by atoms with E-state index in [9.17, 15) is 4.79 Å². The molecule has 0 aliphatic carbocycles. The molecule has 2 N–H and O–H groups in total. The van der Waals surface area contributed by atoms with Crippen LogP contribution in [0.1, 0.15) is 21.5 Å². The Morgan fingerprint density at radius 3 is 2.62 bits per heavy atom. The first-order chi connectivity index (χ1) is 12.6. The number of rotatable bonds is 4. The summed E-state index contributed by atoms with van der Waals surface area (Å²) in [4.78, 5) is 20.3. The second kappa shape index (κ2) is 6.40. The zero-order valence-electron chi connectivity index (χ0n) is 13.8. The van der Waals surface area contributed by atoms with Gasteiger partial charge in [-0.2, -0.15) is 0 Å². The van der Waals surface area contributed by atoms with Gasteiger partial charge in [-0.05, 0) is 29.8 Å². The van der Waals surface area contributed by atoms with Crippen molar-refractivity contribution < 1.29 is 9.18 Å². The number of benzene rings is 2. The van der Waals surface area contributed by atoms with Gasteiger partial charge in [0.15, 0.2) is 11.5 Å². The molecule has 5 nitrogen and oxygen atoms in total. The van der Waals surface area contributed by atoms with Crippen molar-refractivity contribution in [2.24, 2.45) is 5.73 Å². The average molecular weight is 346 g/mol. The van der Waals surface area contributed by atoms with Crippen LogP contribution in [0.4, 0.5) is 4.39 Å². The predicted molar refractivity (Wildman–Crippen MR) is 96.6 cm³/mol. The van der Waals surface area contributed by atoms with E-state index in [2.05, 4.69) is 9.97 Å². The number of pyridine rings is 1. The van der Waals surface area contributed by atoms with Crippen molar-refractivity contribution in [3.8, 4) is 5.69 Å². The third kappa shape index (κ3) is 2.71. The van der Waals surface area contributed by atoms with E-state index in [1.165, 1.54) is 12.4 Å². The minimum absolute atomic E-state index is 0.174. The van der Waals surface area contributed by atoms with Crippen LogP contribution in [0.5, 0.6) is 0 Å². The highest BCUT2D eigenvalue weighted by molar-refractivity contribution is 5.95. The number of nitrogens with zero attached hydrogens (tertiary/aromatic N) is 3. The van der Waals surface area contributed by atoms with Crippen LogP contribution in [0.25, 0.3) is 16.9 Å². The van der Waals surface area contributed by atoms with Gasteiger partial charge in [0.05, 0.1) is 5.69 Å². The van der Waals surface area contributed by atoms with Gasteiger partial charge in [-0.15, -0.1) is 0 Å². The molecule has 4 aromatic rings. The fourth-order valence-corrected chi connectivity index (χ4v) is 3.02. The number of amides is 1. The molecule has 26 heavy (non-hydrogen) atoms. The third-order valence-corrected chi connectivity index (χ3v) is 4.28. The lowest BCUT2D eigenvalue weighted by Gasteiger charge is -2.13. The monoisotopic (exact) mass is 346 g/mol. The van der Waals surface area contributed by atoms with Crippen molar-refractivity contribution in [3.05, 3.63) is 89.6 Å². The number of carbonyl (C=O) groups excluding carboxylic acids is 1. The van der Waals surface area contributed by atoms with Crippen LogP contribution in [0.2, 0.25) is 0 Å². The second-order valence-corrected chi connectivity index (χ2v) is 5.91. The van der Waals surface area contributed by atoms with Gasteiger partial charge in [0.1, 0.15) is 11.8 Å². The molecule has 0 aliphatic heterocycles. The van der Waals surface area contributed by atoms with Crippen molar-refractivity contribution in [3.63, 3.8) is 0 Å². The molecule has 2 aromatic heterocycles. The fourth-order valence-electron chi connectivity index (χ4n) is 3.02. The largest absolute Gasteiger partial charge is 0.366 e. The Hall–Kier alpha value is -3.54. The summed E-state index contributed by atoms with van der Waals surface area (Å²) in [5, 5.41) is 0. The molecular formula is C20H15FN4O. The van der Waals surface area contributed by atoms with Gasteiger partial charge in [-0.3, -0.25) is 9.36 Å². The summed E-state index contributed by atoms with van der Waals surface area (Å²) < 4.78 is 17.0. The number of hydrogen-bond acceptors (Lipinski definition) is 3. The van der Waals surface area contributed by atoms with Crippen molar-refractivity contribution in [2.45, 2.75) is 6.42 Å². The SMILES string of the molecule is NC(=O)c1ccc(-n2cnc3cccnc32)c(F)c1Cc1ccccc1. The summed E-state index contributed by atoms with van der Waals surface area (Å²) >= 11 is 0. The molecule has 6 heteroatoms. The van der Waals surface area contributed by atoms with Crippen molar-refractivity contribution >= 4 is 17.1 Å². The smallest absolute Gasteiger partial charge is 0.249 e. The molecule has 0 saturated carbocycles. The molecule has 2 heterocycles. The van der Waals surface area contributed by atoms with E-state index in [1.54, 1.807) is 29.0 Å². The molecular weight excluding hydrogens is 331 g/mol. The number of nitrogens with two attached hydrogens (primary N) is 1. The van der Waals surface area contributed by atoms with E-state index >= 15 is 4.39 Å². The minimum atomic E-state index is -0.657. The zero-order chi connectivity index (χ0) is 18.1. The summed E-state index contributed by atoms with van der Waals surface area (Å²) in [5.41, 5.74) is 8.27. The van der Waals surface area contributed by atoms with E-state index in [1.807, 2.05) is 30.3 Å². The van der Waals surface area contributed by atoms with Gasteiger partial charge < -0.3 is 5.73 Å². The summed E-state index contributed by atoms with van der Waals surface area (Å²) in [6.45, 7) is 0. The standard InChI is InChI=1S/C20H15FN4O/c21-18-15(11-13-5-2-1-3-6-13)14(19(22)26)8-9-17(18)25-12-24-16-7-4-10-23-20(16)25/h1-10,12H,11H2,(H2,22,26). The van der Waals surface area contributed by atoms with E-state index in [0.717, 1.165) is 5.56 Å². The van der Waals surface area contributed by atoms with Crippen molar-refractivity contribution in [1.82, 2.24) is 14.5 Å². The lowest BCUT2D eigenvalue weighted by atomic mass is 9.97. The van der Waals surface area contributed by atoms with Crippen LogP contribution in [0.15, 0.2) is 67.1 Å². The molecule has 0 bridgehead atoms. The van der Waals surface area contributed by atoms with Crippen LogP contribution >= 0.6 is 0 Å². The maximum atomic E-state index is 15.4. The third-order valence-electron chi connectivity index (χ3n) is 4.28. The number of carbonyl (C=O) groups is 1. The van der Waals surface area contributed by atoms with Gasteiger partial charge in [0.25, 0.3) is 0 Å². The van der Waals surface area contributed by atoms with Gasteiger partial charge >= 0.3 is 0 Å². The summed E-state index contributed by atoms with van der Waals surface area (Å²) in [7, 11) is 0. The summed E-state index contributed by atoms with van der Waals surface area (Å²) in [5.74, 6) is -1.16. The van der Waals surface area contributed by atoms with Gasteiger partial charge in [-0.25, -0.2) is 14.4 Å². The van der Waals surface area contributed by atoms with Gasteiger partial charge in [-0.1, -0.05) is 30.3 Å². The number of imidazole rings is 1. The van der Waals surface area contributed by atoms with Gasteiger partial charge in [0.2, 0.25) is 5.91 Å². The lowest BCUT2D eigenvalue weighted by molar-refractivity contribution is 0.0999. The number of fused-ring (bicyclic) bond motifs is 1. The molecule has 1 amide bonds. The Morgan fingerprint density at radius 2 is 1.85 bits per heavy atom. The molecule has 0 unspecified atom stereocenters. The quantitative estimate of drug-likeness (QED) is 0.616. The number of primary amides is 1. The molecule has 0 spiro atoms. The molecule has 0 saturated heterocycles. The molecule has 0 radical (unpaired) electrons. The molecule has 128 valence electrons. The van der Waals surface area contributed by atoms with E-state index < -0.39 is 11.7 Å². The molecule has 0 aliphatic rings. The lowest BCUT2D eigenvalue weighted by Crippen LogP contribution is -2.16. The van der Waals surface area contributed by atoms with Crippen molar-refractivity contribution in [2.75, 3.05) is 0 Å². The molecule has 0 fully saturated rings. The first kappa shape index (κ1) is 16.0. The van der Waals surface area contributed by atoms with Crippen LogP contribution in [0, 0.1) is 5.82 Å². The Labute approximate surface area is 148 Å². The number of aromatic nitrogens is 3. The topological polar surface area (TPSA) is 73.8 Å².